The molecular weight excluding hydrogens is 438 g/mol. The fourth-order valence-electron chi connectivity index (χ4n) is 3.50. The van der Waals surface area contributed by atoms with Gasteiger partial charge in [-0.15, -0.1) is 0 Å². The largest absolute Gasteiger partial charge is 0.480 e. The summed E-state index contributed by atoms with van der Waals surface area (Å²) in [7, 11) is 0. The fourth-order valence-corrected chi connectivity index (χ4v) is 3.97. The molecule has 0 saturated carbocycles. The molecule has 32 heavy (non-hydrogen) atoms. The normalized spacial score (nSPS) is 19.7. The summed E-state index contributed by atoms with van der Waals surface area (Å²) in [6, 6.07) is -3.95. The molecule has 0 aliphatic carbocycles. The van der Waals surface area contributed by atoms with Crippen LogP contribution in [0.4, 0.5) is 0 Å². The molecule has 1 heterocycles. The van der Waals surface area contributed by atoms with Gasteiger partial charge in [-0.1, -0.05) is 0 Å². The van der Waals surface area contributed by atoms with E-state index in [0.717, 1.165) is 0 Å². The molecule has 184 valence electrons. The number of hydrogen-bond acceptors (Lipinski definition) is 8. The lowest BCUT2D eigenvalue weighted by Crippen LogP contribution is -2.57. The highest BCUT2D eigenvalue weighted by molar-refractivity contribution is 7.98. The second kappa shape index (κ2) is 14.3. The Kier molecular flexibility index (Phi) is 12.6. The summed E-state index contributed by atoms with van der Waals surface area (Å²) >= 11 is 1.47. The summed E-state index contributed by atoms with van der Waals surface area (Å²) < 4.78 is 0. The summed E-state index contributed by atoms with van der Waals surface area (Å²) in [6.45, 7) is 2.16. The van der Waals surface area contributed by atoms with Gasteiger partial charge in [0.25, 0.3) is 0 Å². The van der Waals surface area contributed by atoms with E-state index in [9.17, 15) is 29.4 Å². The molecule has 0 aromatic carbocycles. The van der Waals surface area contributed by atoms with E-state index in [1.807, 2.05) is 6.26 Å². The van der Waals surface area contributed by atoms with Crippen molar-refractivity contribution in [3.05, 3.63) is 0 Å². The number of nitrogens with two attached hydrogens (primary N) is 2. The molecule has 1 fully saturated rings. The monoisotopic (exact) mass is 475 g/mol. The summed E-state index contributed by atoms with van der Waals surface area (Å²) in [5, 5.41) is 24.2. The average molecular weight is 476 g/mol. The van der Waals surface area contributed by atoms with Crippen molar-refractivity contribution in [1.29, 1.82) is 0 Å². The zero-order chi connectivity index (χ0) is 24.3. The molecule has 5 atom stereocenters. The zero-order valence-corrected chi connectivity index (χ0v) is 19.6. The minimum atomic E-state index is -1.14. The first-order valence-corrected chi connectivity index (χ1v) is 12.3. The molecule has 12 heteroatoms. The third kappa shape index (κ3) is 8.57. The van der Waals surface area contributed by atoms with Crippen LogP contribution in [0.1, 0.15) is 45.4 Å². The maximum Gasteiger partial charge on any atom is 0.326 e. The van der Waals surface area contributed by atoms with Crippen LogP contribution in [0.15, 0.2) is 0 Å². The van der Waals surface area contributed by atoms with E-state index >= 15 is 0 Å². The number of carboxylic acids is 1. The number of aliphatic carboxylic acids is 1. The van der Waals surface area contributed by atoms with Gasteiger partial charge in [0.05, 0.1) is 6.10 Å². The molecule has 1 aliphatic rings. The molecule has 1 saturated heterocycles. The second-order valence-corrected chi connectivity index (χ2v) is 8.97. The number of nitrogens with one attached hydrogen (secondary N) is 2. The predicted molar refractivity (Wildman–Crippen MR) is 122 cm³/mol. The van der Waals surface area contributed by atoms with Crippen LogP contribution in [-0.2, 0) is 19.2 Å². The van der Waals surface area contributed by atoms with E-state index in [0.29, 0.717) is 44.5 Å². The third-order valence-electron chi connectivity index (χ3n) is 5.45. The van der Waals surface area contributed by atoms with Crippen molar-refractivity contribution in [2.75, 3.05) is 25.1 Å². The lowest BCUT2D eigenvalue weighted by atomic mass is 10.1. The molecular formula is C20H37N5O6S. The van der Waals surface area contributed by atoms with Crippen molar-refractivity contribution < 1.29 is 29.4 Å². The zero-order valence-electron chi connectivity index (χ0n) is 18.8. The van der Waals surface area contributed by atoms with Crippen molar-refractivity contribution >= 4 is 35.5 Å². The van der Waals surface area contributed by atoms with Crippen LogP contribution in [0, 0.1) is 0 Å². The van der Waals surface area contributed by atoms with E-state index in [4.69, 9.17) is 11.5 Å². The quantitative estimate of drug-likeness (QED) is 0.165. The van der Waals surface area contributed by atoms with Crippen molar-refractivity contribution in [3.8, 4) is 0 Å². The highest BCUT2D eigenvalue weighted by Crippen LogP contribution is 2.19. The molecule has 5 unspecified atom stereocenters. The Morgan fingerprint density at radius 1 is 1.16 bits per heavy atom. The first-order chi connectivity index (χ1) is 15.1. The third-order valence-corrected chi connectivity index (χ3v) is 6.09. The van der Waals surface area contributed by atoms with Crippen LogP contribution in [0.5, 0.6) is 0 Å². The van der Waals surface area contributed by atoms with Crippen LogP contribution in [0.25, 0.3) is 0 Å². The van der Waals surface area contributed by atoms with Gasteiger partial charge >= 0.3 is 5.97 Å². The average Bonchev–Trinajstić information content (AvgIpc) is 3.24. The Bertz CT molecular complexity index is 650. The van der Waals surface area contributed by atoms with Crippen LogP contribution in [-0.4, -0.2) is 94.2 Å². The molecule has 0 aromatic rings. The molecule has 3 amide bonds. The Balaban J connectivity index is 2.89. The van der Waals surface area contributed by atoms with Gasteiger partial charge in [0, 0.05) is 6.54 Å². The minimum Gasteiger partial charge on any atom is -0.480 e. The summed E-state index contributed by atoms with van der Waals surface area (Å²) in [5.74, 6) is -2.19. The van der Waals surface area contributed by atoms with E-state index < -0.39 is 54.0 Å². The summed E-state index contributed by atoms with van der Waals surface area (Å²) in [4.78, 5) is 51.2. The smallest absolute Gasteiger partial charge is 0.326 e. The number of unbranched alkanes of at least 4 members (excludes halogenated alkanes) is 1. The van der Waals surface area contributed by atoms with E-state index in [-0.39, 0.29) is 12.8 Å². The Morgan fingerprint density at radius 2 is 1.84 bits per heavy atom. The molecule has 0 bridgehead atoms. The van der Waals surface area contributed by atoms with E-state index in [1.165, 1.54) is 23.6 Å². The predicted octanol–water partition coefficient (Wildman–Crippen LogP) is -1.38. The molecule has 0 radical (unpaired) electrons. The van der Waals surface area contributed by atoms with Gasteiger partial charge in [-0.05, 0) is 64.0 Å². The number of carbonyl (C=O) groups is 4. The maximum atomic E-state index is 13.0. The number of hydrogen-bond donors (Lipinski definition) is 6. The van der Waals surface area contributed by atoms with Gasteiger partial charge in [-0.25, -0.2) is 4.79 Å². The number of carboxylic acid groups (broad SMARTS) is 1. The van der Waals surface area contributed by atoms with Gasteiger partial charge in [-0.3, -0.25) is 14.4 Å². The summed E-state index contributed by atoms with van der Waals surface area (Å²) in [6.07, 6.45) is 3.54. The van der Waals surface area contributed by atoms with E-state index in [1.54, 1.807) is 0 Å². The van der Waals surface area contributed by atoms with Crippen LogP contribution >= 0.6 is 11.8 Å². The van der Waals surface area contributed by atoms with Gasteiger partial charge in [0.1, 0.15) is 24.2 Å². The minimum absolute atomic E-state index is 0.258. The molecule has 1 rings (SSSR count). The Morgan fingerprint density at radius 3 is 2.41 bits per heavy atom. The molecule has 1 aliphatic heterocycles. The number of aliphatic hydroxyl groups excluding tert-OH is 1. The number of thioether (sulfide) groups is 1. The van der Waals surface area contributed by atoms with Crippen molar-refractivity contribution in [2.45, 2.75) is 75.7 Å². The molecule has 8 N–H and O–H groups in total. The standard InChI is InChI=1S/C20H37N5O6S/c1-12(26)16(22)19(29)25-10-5-7-15(25)18(28)23-13(6-3-4-9-21)17(27)24-14(20(30)31)8-11-32-2/h12-16,26H,3-11,21-22H2,1-2H3,(H,23,28)(H,24,27)(H,30,31). The lowest BCUT2D eigenvalue weighted by molar-refractivity contribution is -0.143. The number of rotatable bonds is 14. The number of carbonyl (C=O) groups excluding carboxylic acids is 3. The van der Waals surface area contributed by atoms with Crippen molar-refractivity contribution in [2.24, 2.45) is 11.5 Å². The van der Waals surface area contributed by atoms with Crippen molar-refractivity contribution in [1.82, 2.24) is 15.5 Å². The Labute approximate surface area is 193 Å². The van der Waals surface area contributed by atoms with Gasteiger partial charge < -0.3 is 37.2 Å². The first kappa shape index (κ1) is 28.1. The number of aliphatic hydroxyl groups is 1. The highest BCUT2D eigenvalue weighted by Gasteiger charge is 2.38. The van der Waals surface area contributed by atoms with Crippen LogP contribution < -0.4 is 22.1 Å². The summed E-state index contributed by atoms with van der Waals surface area (Å²) in [5.41, 5.74) is 11.3. The lowest BCUT2D eigenvalue weighted by Gasteiger charge is -2.29. The van der Waals surface area contributed by atoms with Gasteiger partial charge in [0.2, 0.25) is 17.7 Å². The highest BCUT2D eigenvalue weighted by atomic mass is 32.2. The molecule has 11 nitrogen and oxygen atoms in total. The fraction of sp³-hybridized carbons (Fsp3) is 0.800. The topological polar surface area (TPSA) is 188 Å². The number of nitrogens with zero attached hydrogens (tertiary/aromatic N) is 1. The van der Waals surface area contributed by atoms with Gasteiger partial charge in [-0.2, -0.15) is 11.8 Å². The SMILES string of the molecule is CSCCC(NC(=O)C(CCCCN)NC(=O)C1CCCN1C(=O)C(N)C(C)O)C(=O)O. The van der Waals surface area contributed by atoms with Crippen LogP contribution in [0.3, 0.4) is 0 Å². The second-order valence-electron chi connectivity index (χ2n) is 7.98. The van der Waals surface area contributed by atoms with Crippen molar-refractivity contribution in [3.63, 3.8) is 0 Å². The maximum absolute atomic E-state index is 13.0. The molecule has 0 aromatic heterocycles. The molecule has 0 spiro atoms. The number of amides is 3. The first-order valence-electron chi connectivity index (χ1n) is 10.9. The van der Waals surface area contributed by atoms with Crippen LogP contribution in [0.2, 0.25) is 0 Å². The Hall–Kier alpha value is -1.89. The number of likely N-dealkylation sites (tertiary alicyclic amines) is 1. The van der Waals surface area contributed by atoms with Gasteiger partial charge in [0.15, 0.2) is 0 Å². The van der Waals surface area contributed by atoms with E-state index in [2.05, 4.69) is 10.6 Å².